The number of anilines is 1. The van der Waals surface area contributed by atoms with Crippen LogP contribution in [-0.2, 0) is 13.0 Å². The highest BCUT2D eigenvalue weighted by Gasteiger charge is 2.11. The Bertz CT molecular complexity index is 297. The summed E-state index contributed by atoms with van der Waals surface area (Å²) < 4.78 is 0. The van der Waals surface area contributed by atoms with E-state index in [0.717, 1.165) is 30.8 Å². The van der Waals surface area contributed by atoms with Gasteiger partial charge in [-0.1, -0.05) is 0 Å². The highest BCUT2D eigenvalue weighted by atomic mass is 15.1. The maximum Gasteiger partial charge on any atom is 0.220 e. The molecule has 1 aliphatic rings. The standard InChI is InChI=1S/C8H11N4/c1-12-3-2-7-6(5-12)4-10-8(9)11-7/h4H,1-3,5H2,(H2,9,10,11)/q-1. The number of nitrogens with zero attached hydrogens (tertiary/aromatic N) is 3. The molecule has 0 radical (unpaired) electrons. The van der Waals surface area contributed by atoms with Gasteiger partial charge in [-0.2, -0.15) is 0 Å². The molecule has 0 bridgehead atoms. The maximum absolute atomic E-state index is 5.47. The van der Waals surface area contributed by atoms with Gasteiger partial charge in [0.15, 0.2) is 0 Å². The van der Waals surface area contributed by atoms with Crippen molar-refractivity contribution in [2.24, 2.45) is 0 Å². The summed E-state index contributed by atoms with van der Waals surface area (Å²) in [6.45, 7) is 1.78. The summed E-state index contributed by atoms with van der Waals surface area (Å²) in [5, 5.41) is 0. The third kappa shape index (κ3) is 1.25. The summed E-state index contributed by atoms with van der Waals surface area (Å²) in [7, 11) is 3.87. The largest absolute Gasteiger partial charge is 0.455 e. The molecule has 4 heteroatoms. The third-order valence-corrected chi connectivity index (χ3v) is 2.03. The van der Waals surface area contributed by atoms with Crippen LogP contribution in [0.3, 0.4) is 0 Å². The quantitative estimate of drug-likeness (QED) is 0.555. The molecule has 0 aliphatic carbocycles. The van der Waals surface area contributed by atoms with E-state index in [1.54, 1.807) is 6.20 Å². The first-order chi connectivity index (χ1) is 5.75. The fraction of sp³-hybridized carbons (Fsp3) is 0.375. The summed E-state index contributed by atoms with van der Waals surface area (Å²) in [5.41, 5.74) is 7.68. The van der Waals surface area contributed by atoms with Crippen molar-refractivity contribution in [1.82, 2.24) is 14.9 Å². The molecule has 4 nitrogen and oxygen atoms in total. The number of nitrogens with two attached hydrogens (primary N) is 1. The molecule has 0 atom stereocenters. The van der Waals surface area contributed by atoms with E-state index < -0.39 is 0 Å². The molecule has 0 spiro atoms. The average molecular weight is 163 g/mol. The number of hydrogen-bond donors (Lipinski definition) is 1. The number of nitrogen functional groups attached to an aromatic ring is 1. The number of rotatable bonds is 0. The molecule has 1 aromatic heterocycles. The minimum absolute atomic E-state index is 0.367. The summed E-state index contributed by atoms with van der Waals surface area (Å²) >= 11 is 0. The van der Waals surface area contributed by atoms with Crippen LogP contribution in [0.25, 0.3) is 0 Å². The molecule has 1 aromatic rings. The lowest BCUT2D eigenvalue weighted by molar-refractivity contribution is 0.343. The van der Waals surface area contributed by atoms with Gasteiger partial charge in [0.2, 0.25) is 5.95 Å². The van der Waals surface area contributed by atoms with Gasteiger partial charge in [0, 0.05) is 18.2 Å². The summed E-state index contributed by atoms with van der Waals surface area (Å²) in [6.07, 6.45) is 2.71. The molecule has 0 saturated heterocycles. The third-order valence-electron chi connectivity index (χ3n) is 2.03. The van der Waals surface area contributed by atoms with Crippen molar-refractivity contribution < 1.29 is 0 Å². The van der Waals surface area contributed by atoms with Crippen molar-refractivity contribution in [3.63, 3.8) is 0 Å². The molecular weight excluding hydrogens is 152 g/mol. The molecular formula is C8H11N4-. The zero-order chi connectivity index (χ0) is 8.55. The second-order valence-electron chi connectivity index (χ2n) is 3.00. The Morgan fingerprint density at radius 2 is 2.42 bits per heavy atom. The predicted molar refractivity (Wildman–Crippen MR) is 45.9 cm³/mol. The molecule has 12 heavy (non-hydrogen) atoms. The van der Waals surface area contributed by atoms with E-state index in [0.29, 0.717) is 5.95 Å². The topological polar surface area (TPSA) is 55.0 Å². The minimum atomic E-state index is 0.367. The molecule has 64 valence electrons. The average Bonchev–Trinajstić information content (AvgIpc) is 2.05. The van der Waals surface area contributed by atoms with E-state index >= 15 is 0 Å². The molecule has 2 heterocycles. The summed E-state index contributed by atoms with van der Waals surface area (Å²) in [6, 6.07) is 0. The highest BCUT2D eigenvalue weighted by molar-refractivity contribution is 5.26. The van der Waals surface area contributed by atoms with Gasteiger partial charge < -0.3 is 10.6 Å². The van der Waals surface area contributed by atoms with Crippen LogP contribution in [0.1, 0.15) is 11.3 Å². The van der Waals surface area contributed by atoms with Crippen LogP contribution >= 0.6 is 0 Å². The first kappa shape index (κ1) is 7.49. The SMILES string of the molecule is [CH2-]N1CCc2nc(N)ncc2C1. The molecule has 0 amide bonds. The van der Waals surface area contributed by atoms with Gasteiger partial charge in [-0.3, -0.25) is 7.05 Å². The van der Waals surface area contributed by atoms with E-state index in [-0.39, 0.29) is 0 Å². The van der Waals surface area contributed by atoms with Crippen LogP contribution in [0.2, 0.25) is 0 Å². The van der Waals surface area contributed by atoms with Gasteiger partial charge in [0.25, 0.3) is 0 Å². The lowest BCUT2D eigenvalue weighted by Crippen LogP contribution is -2.26. The van der Waals surface area contributed by atoms with Crippen LogP contribution in [0, 0.1) is 7.05 Å². The molecule has 2 N–H and O–H groups in total. The molecule has 0 unspecified atom stereocenters. The Balaban J connectivity index is 2.37. The zero-order valence-corrected chi connectivity index (χ0v) is 6.82. The van der Waals surface area contributed by atoms with Crippen LogP contribution < -0.4 is 5.73 Å². The van der Waals surface area contributed by atoms with Crippen molar-refractivity contribution in [2.45, 2.75) is 13.0 Å². The van der Waals surface area contributed by atoms with Gasteiger partial charge in [0.1, 0.15) is 0 Å². The Hall–Kier alpha value is -1.16. The Morgan fingerprint density at radius 3 is 3.25 bits per heavy atom. The Kier molecular flexibility index (Phi) is 1.69. The van der Waals surface area contributed by atoms with Gasteiger partial charge in [-0.05, 0) is 13.1 Å². The first-order valence-corrected chi connectivity index (χ1v) is 3.91. The van der Waals surface area contributed by atoms with Crippen molar-refractivity contribution in [2.75, 3.05) is 12.3 Å². The Labute approximate surface area is 71.4 Å². The maximum atomic E-state index is 5.47. The molecule has 1 aliphatic heterocycles. The van der Waals surface area contributed by atoms with E-state index in [9.17, 15) is 0 Å². The predicted octanol–water partition coefficient (Wildman–Crippen LogP) is 0.208. The van der Waals surface area contributed by atoms with Crippen LogP contribution in [0.15, 0.2) is 6.20 Å². The second-order valence-corrected chi connectivity index (χ2v) is 3.00. The van der Waals surface area contributed by atoms with Gasteiger partial charge in [-0.15, -0.1) is 0 Å². The van der Waals surface area contributed by atoms with E-state index in [2.05, 4.69) is 17.0 Å². The number of fused-ring (bicyclic) bond motifs is 1. The smallest absolute Gasteiger partial charge is 0.220 e. The minimum Gasteiger partial charge on any atom is -0.455 e. The normalized spacial score (nSPS) is 17.4. The van der Waals surface area contributed by atoms with Gasteiger partial charge in [0.05, 0.1) is 5.69 Å². The zero-order valence-electron chi connectivity index (χ0n) is 6.82. The first-order valence-electron chi connectivity index (χ1n) is 3.91. The summed E-state index contributed by atoms with van der Waals surface area (Å²) in [4.78, 5) is 10.1. The van der Waals surface area contributed by atoms with Crippen LogP contribution in [0.4, 0.5) is 5.95 Å². The van der Waals surface area contributed by atoms with E-state index in [4.69, 9.17) is 5.73 Å². The monoisotopic (exact) mass is 163 g/mol. The molecule has 0 saturated carbocycles. The number of hydrogen-bond acceptors (Lipinski definition) is 4. The summed E-state index contributed by atoms with van der Waals surface area (Å²) in [5.74, 6) is 0.367. The van der Waals surface area contributed by atoms with E-state index in [1.165, 1.54) is 0 Å². The molecule has 2 rings (SSSR count). The van der Waals surface area contributed by atoms with Gasteiger partial charge in [-0.25, -0.2) is 9.97 Å². The lowest BCUT2D eigenvalue weighted by Gasteiger charge is -2.30. The molecule has 0 aromatic carbocycles. The van der Waals surface area contributed by atoms with E-state index in [1.807, 2.05) is 4.90 Å². The highest BCUT2D eigenvalue weighted by Crippen LogP contribution is 2.15. The van der Waals surface area contributed by atoms with Crippen molar-refractivity contribution in [3.05, 3.63) is 24.5 Å². The fourth-order valence-corrected chi connectivity index (χ4v) is 1.39. The Morgan fingerprint density at radius 1 is 1.58 bits per heavy atom. The van der Waals surface area contributed by atoms with Crippen molar-refractivity contribution in [3.8, 4) is 0 Å². The van der Waals surface area contributed by atoms with Crippen molar-refractivity contribution in [1.29, 1.82) is 0 Å². The number of aromatic nitrogens is 2. The van der Waals surface area contributed by atoms with Crippen LogP contribution in [-0.4, -0.2) is 21.4 Å². The fourth-order valence-electron chi connectivity index (χ4n) is 1.39. The second kappa shape index (κ2) is 2.71. The van der Waals surface area contributed by atoms with Crippen LogP contribution in [0.5, 0.6) is 0 Å². The molecule has 0 fully saturated rings. The lowest BCUT2D eigenvalue weighted by atomic mass is 10.1. The van der Waals surface area contributed by atoms with Crippen molar-refractivity contribution >= 4 is 5.95 Å². The van der Waals surface area contributed by atoms with Gasteiger partial charge >= 0.3 is 0 Å².